The maximum atomic E-state index is 11.8. The molecule has 1 aromatic carbocycles. The quantitative estimate of drug-likeness (QED) is 0.702. The van der Waals surface area contributed by atoms with E-state index in [0.717, 1.165) is 11.3 Å². The van der Waals surface area contributed by atoms with Crippen LogP contribution in [0.15, 0.2) is 36.7 Å². The lowest BCUT2D eigenvalue weighted by Crippen LogP contribution is -2.09. The number of ether oxygens (including phenoxy) is 2. The number of nitrogens with zero attached hydrogens (tertiary/aromatic N) is 1. The van der Waals surface area contributed by atoms with Crippen molar-refractivity contribution in [3.63, 3.8) is 0 Å². The van der Waals surface area contributed by atoms with Gasteiger partial charge in [-0.3, -0.25) is 9.78 Å². The van der Waals surface area contributed by atoms with E-state index >= 15 is 0 Å². The van der Waals surface area contributed by atoms with Gasteiger partial charge in [0.2, 0.25) is 0 Å². The summed E-state index contributed by atoms with van der Waals surface area (Å²) in [4.78, 5) is 15.7. The largest absolute Gasteiger partial charge is 0.497 e. The highest BCUT2D eigenvalue weighted by atomic mass is 35.5. The first-order valence-corrected chi connectivity index (χ1v) is 7.92. The van der Waals surface area contributed by atoms with Crippen molar-refractivity contribution in [2.75, 3.05) is 13.7 Å². The Balaban J connectivity index is 1.77. The van der Waals surface area contributed by atoms with Crippen molar-refractivity contribution in [1.82, 2.24) is 4.98 Å². The first-order valence-electron chi connectivity index (χ1n) is 7.16. The fourth-order valence-corrected chi connectivity index (χ4v) is 2.64. The van der Waals surface area contributed by atoms with Gasteiger partial charge in [-0.1, -0.05) is 35.3 Å². The molecule has 0 radical (unpaired) electrons. The molecule has 1 aromatic heterocycles. The third-order valence-electron chi connectivity index (χ3n) is 3.32. The van der Waals surface area contributed by atoms with Gasteiger partial charge in [-0.25, -0.2) is 0 Å². The van der Waals surface area contributed by atoms with E-state index in [4.69, 9.17) is 32.7 Å². The van der Waals surface area contributed by atoms with Gasteiger partial charge >= 0.3 is 5.97 Å². The van der Waals surface area contributed by atoms with Crippen molar-refractivity contribution in [3.8, 4) is 5.75 Å². The molecule has 0 bridgehead atoms. The zero-order valence-electron chi connectivity index (χ0n) is 12.7. The van der Waals surface area contributed by atoms with Crippen molar-refractivity contribution in [3.05, 3.63) is 57.8 Å². The summed E-state index contributed by atoms with van der Waals surface area (Å²) >= 11 is 12.0. The van der Waals surface area contributed by atoms with E-state index in [2.05, 4.69) is 4.98 Å². The van der Waals surface area contributed by atoms with Gasteiger partial charge in [-0.05, 0) is 29.7 Å². The lowest BCUT2D eigenvalue weighted by molar-refractivity contribution is -0.143. The molecule has 2 rings (SSSR count). The van der Waals surface area contributed by atoms with E-state index in [0.29, 0.717) is 35.1 Å². The number of benzene rings is 1. The number of hydrogen-bond donors (Lipinski definition) is 0. The van der Waals surface area contributed by atoms with E-state index in [1.807, 2.05) is 24.3 Å². The summed E-state index contributed by atoms with van der Waals surface area (Å²) in [5.41, 5.74) is 1.77. The monoisotopic (exact) mass is 353 g/mol. The zero-order valence-corrected chi connectivity index (χ0v) is 14.2. The Kier molecular flexibility index (Phi) is 6.68. The molecule has 0 saturated heterocycles. The molecule has 0 fully saturated rings. The highest BCUT2D eigenvalue weighted by Gasteiger charge is 2.10. The first-order chi connectivity index (χ1) is 11.1. The fraction of sp³-hybridized carbons (Fsp3) is 0.294. The molecule has 0 aliphatic rings. The Bertz CT molecular complexity index is 656. The molecule has 6 heteroatoms. The van der Waals surface area contributed by atoms with Gasteiger partial charge < -0.3 is 9.47 Å². The van der Waals surface area contributed by atoms with Gasteiger partial charge in [0.1, 0.15) is 5.75 Å². The molecule has 0 unspecified atom stereocenters. The smallest absolute Gasteiger partial charge is 0.306 e. The number of esters is 1. The Morgan fingerprint density at radius 1 is 1.17 bits per heavy atom. The number of aromatic nitrogens is 1. The van der Waals surface area contributed by atoms with Crippen molar-refractivity contribution in [1.29, 1.82) is 0 Å². The molecule has 122 valence electrons. The molecule has 0 atom stereocenters. The van der Waals surface area contributed by atoms with Gasteiger partial charge in [-0.2, -0.15) is 0 Å². The van der Waals surface area contributed by atoms with E-state index in [9.17, 15) is 4.79 Å². The number of carbonyl (C=O) groups is 1. The second-order valence-corrected chi connectivity index (χ2v) is 5.72. The molecule has 1 heterocycles. The molecule has 0 aliphatic heterocycles. The molecule has 0 aliphatic carbocycles. The average Bonchev–Trinajstić information content (AvgIpc) is 2.54. The van der Waals surface area contributed by atoms with E-state index in [-0.39, 0.29) is 12.4 Å². The molecular formula is C17H17Cl2NO3. The van der Waals surface area contributed by atoms with Crippen LogP contribution in [0.2, 0.25) is 10.0 Å². The van der Waals surface area contributed by atoms with Crippen LogP contribution in [0.3, 0.4) is 0 Å². The standard InChI is InChI=1S/C17H17Cl2NO3/c1-22-13-4-2-3-12(9-13)7-8-23-17(21)6-5-14-15(18)10-20-11-16(14)19/h2-4,9-11H,5-8H2,1H3. The number of halogens is 2. The molecule has 2 aromatic rings. The Labute approximate surface area is 145 Å². The van der Waals surface area contributed by atoms with Gasteiger partial charge in [0.05, 0.1) is 23.8 Å². The normalized spacial score (nSPS) is 10.4. The summed E-state index contributed by atoms with van der Waals surface area (Å²) in [6.07, 6.45) is 4.31. The molecule has 0 N–H and O–H groups in total. The lowest BCUT2D eigenvalue weighted by atomic mass is 10.1. The molecule has 4 nitrogen and oxygen atoms in total. The third-order valence-corrected chi connectivity index (χ3v) is 3.97. The Morgan fingerprint density at radius 3 is 2.61 bits per heavy atom. The van der Waals surface area contributed by atoms with Crippen molar-refractivity contribution in [2.45, 2.75) is 19.3 Å². The minimum Gasteiger partial charge on any atom is -0.497 e. The minimum atomic E-state index is -0.281. The summed E-state index contributed by atoms with van der Waals surface area (Å²) < 4.78 is 10.4. The molecular weight excluding hydrogens is 337 g/mol. The Morgan fingerprint density at radius 2 is 1.91 bits per heavy atom. The van der Waals surface area contributed by atoms with Crippen LogP contribution < -0.4 is 4.74 Å². The fourth-order valence-electron chi connectivity index (χ4n) is 2.09. The minimum absolute atomic E-state index is 0.224. The van der Waals surface area contributed by atoms with Gasteiger partial charge in [-0.15, -0.1) is 0 Å². The highest BCUT2D eigenvalue weighted by molar-refractivity contribution is 6.35. The van der Waals surface area contributed by atoms with Gasteiger partial charge in [0, 0.05) is 25.2 Å². The van der Waals surface area contributed by atoms with Crippen LogP contribution in [0.5, 0.6) is 5.75 Å². The summed E-state index contributed by atoms with van der Waals surface area (Å²) in [5, 5.41) is 0.920. The number of hydrogen-bond acceptors (Lipinski definition) is 4. The summed E-state index contributed by atoms with van der Waals surface area (Å²) in [7, 11) is 1.62. The maximum Gasteiger partial charge on any atom is 0.306 e. The van der Waals surface area contributed by atoms with Gasteiger partial charge in [0.15, 0.2) is 0 Å². The van der Waals surface area contributed by atoms with E-state index in [1.54, 1.807) is 7.11 Å². The maximum absolute atomic E-state index is 11.8. The van der Waals surface area contributed by atoms with Gasteiger partial charge in [0.25, 0.3) is 0 Å². The molecule has 0 spiro atoms. The second-order valence-electron chi connectivity index (χ2n) is 4.90. The van der Waals surface area contributed by atoms with E-state index in [1.165, 1.54) is 12.4 Å². The average molecular weight is 354 g/mol. The summed E-state index contributed by atoms with van der Waals surface area (Å²) in [6.45, 7) is 0.323. The Hall–Kier alpha value is -1.78. The van der Waals surface area contributed by atoms with Crippen molar-refractivity contribution < 1.29 is 14.3 Å². The number of carbonyl (C=O) groups excluding carboxylic acids is 1. The van der Waals surface area contributed by atoms with Crippen LogP contribution in [0.1, 0.15) is 17.5 Å². The van der Waals surface area contributed by atoms with Crippen LogP contribution in [0, 0.1) is 0 Å². The number of pyridine rings is 1. The predicted molar refractivity (Wildman–Crippen MR) is 90.2 cm³/mol. The highest BCUT2D eigenvalue weighted by Crippen LogP contribution is 2.24. The van der Waals surface area contributed by atoms with Crippen LogP contribution in [-0.4, -0.2) is 24.7 Å². The number of methoxy groups -OCH3 is 1. The lowest BCUT2D eigenvalue weighted by Gasteiger charge is -2.08. The SMILES string of the molecule is COc1cccc(CCOC(=O)CCc2c(Cl)cncc2Cl)c1. The van der Waals surface area contributed by atoms with Crippen molar-refractivity contribution >= 4 is 29.2 Å². The van der Waals surface area contributed by atoms with E-state index < -0.39 is 0 Å². The molecule has 23 heavy (non-hydrogen) atoms. The first kappa shape index (κ1) is 17.6. The van der Waals surface area contributed by atoms with Crippen LogP contribution in [0.4, 0.5) is 0 Å². The van der Waals surface area contributed by atoms with Crippen LogP contribution in [0.25, 0.3) is 0 Å². The molecule has 0 saturated carbocycles. The van der Waals surface area contributed by atoms with Crippen LogP contribution >= 0.6 is 23.2 Å². The summed E-state index contributed by atoms with van der Waals surface area (Å²) in [5.74, 6) is 0.507. The second kappa shape index (κ2) is 8.75. The topological polar surface area (TPSA) is 48.4 Å². The number of rotatable bonds is 7. The summed E-state index contributed by atoms with van der Waals surface area (Å²) in [6, 6.07) is 7.67. The molecule has 0 amide bonds. The predicted octanol–water partition coefficient (Wildman–Crippen LogP) is 4.12. The third kappa shape index (κ3) is 5.41. The zero-order chi connectivity index (χ0) is 16.7. The van der Waals surface area contributed by atoms with Crippen molar-refractivity contribution in [2.24, 2.45) is 0 Å². The van der Waals surface area contributed by atoms with Crippen LogP contribution in [-0.2, 0) is 22.4 Å².